The first-order valence-electron chi connectivity index (χ1n) is 10.3. The fourth-order valence-electron chi connectivity index (χ4n) is 5.29. The van der Waals surface area contributed by atoms with E-state index in [4.69, 9.17) is 9.47 Å². The third kappa shape index (κ3) is 2.66. The number of esters is 1. The van der Waals surface area contributed by atoms with Gasteiger partial charge in [-0.2, -0.15) is 0 Å². The van der Waals surface area contributed by atoms with Crippen LogP contribution in [0.2, 0.25) is 0 Å². The largest absolute Gasteiger partial charge is 0.472 e. The van der Waals surface area contributed by atoms with Gasteiger partial charge in [-0.25, -0.2) is 4.79 Å². The molecule has 3 heterocycles. The summed E-state index contributed by atoms with van der Waals surface area (Å²) in [5.41, 5.74) is 3.46. The van der Waals surface area contributed by atoms with Gasteiger partial charge in [-0.05, 0) is 58.2 Å². The number of hydrogen-bond donors (Lipinski definition) is 1. The van der Waals surface area contributed by atoms with Crippen LogP contribution in [0.15, 0.2) is 12.1 Å². The second-order valence-corrected chi connectivity index (χ2v) is 7.73. The van der Waals surface area contributed by atoms with Crippen molar-refractivity contribution in [1.29, 1.82) is 0 Å². The van der Waals surface area contributed by atoms with Crippen LogP contribution in [0.3, 0.4) is 0 Å². The molecule has 1 aromatic heterocycles. The molecule has 2 atom stereocenters. The van der Waals surface area contributed by atoms with Crippen LogP contribution in [-0.2, 0) is 11.2 Å². The number of likely N-dealkylation sites (tertiary alicyclic amines) is 1. The van der Waals surface area contributed by atoms with Gasteiger partial charge in [0.2, 0.25) is 0 Å². The normalized spacial score (nSPS) is 25.0. The number of hydrogen-bond acceptors (Lipinski definition) is 4. The van der Waals surface area contributed by atoms with Gasteiger partial charge in [0.25, 0.3) is 0 Å². The SMILES string of the molecule is CCOC(=O)c1c(C)[nH]c2ccc3c(c12)CC1CCCN(CC)C1(CC)O3. The summed E-state index contributed by atoms with van der Waals surface area (Å²) in [6, 6.07) is 4.10. The predicted octanol–water partition coefficient (Wildman–Crippen LogP) is 4.43. The molecule has 0 spiro atoms. The molecule has 27 heavy (non-hydrogen) atoms. The molecule has 0 aliphatic carbocycles. The van der Waals surface area contributed by atoms with Gasteiger partial charge in [-0.1, -0.05) is 13.8 Å². The molecule has 146 valence electrons. The molecule has 0 amide bonds. The molecule has 1 aromatic carbocycles. The van der Waals surface area contributed by atoms with Gasteiger partial charge in [0.05, 0.1) is 12.2 Å². The highest BCUT2D eigenvalue weighted by molar-refractivity contribution is 6.07. The maximum atomic E-state index is 12.6. The number of nitrogens with one attached hydrogen (secondary N) is 1. The molecule has 0 saturated carbocycles. The van der Waals surface area contributed by atoms with E-state index >= 15 is 0 Å². The number of fused-ring (bicyclic) bond motifs is 4. The van der Waals surface area contributed by atoms with E-state index in [1.165, 1.54) is 6.42 Å². The van der Waals surface area contributed by atoms with Crippen LogP contribution < -0.4 is 4.74 Å². The molecule has 1 saturated heterocycles. The Labute approximate surface area is 161 Å². The Bertz CT molecular complexity index is 872. The van der Waals surface area contributed by atoms with Crippen LogP contribution in [-0.4, -0.2) is 41.3 Å². The lowest BCUT2D eigenvalue weighted by Crippen LogP contribution is -2.62. The highest BCUT2D eigenvalue weighted by Crippen LogP contribution is 2.48. The van der Waals surface area contributed by atoms with Crippen molar-refractivity contribution in [2.24, 2.45) is 5.92 Å². The molecular formula is C22H30N2O3. The molecule has 2 aliphatic heterocycles. The van der Waals surface area contributed by atoms with Gasteiger partial charge in [0.1, 0.15) is 5.75 Å². The maximum absolute atomic E-state index is 12.6. The van der Waals surface area contributed by atoms with E-state index in [2.05, 4.69) is 29.8 Å². The van der Waals surface area contributed by atoms with Crippen molar-refractivity contribution < 1.29 is 14.3 Å². The molecule has 4 rings (SSSR count). The Morgan fingerprint density at radius 3 is 2.89 bits per heavy atom. The van der Waals surface area contributed by atoms with Gasteiger partial charge in [-0.3, -0.25) is 4.90 Å². The summed E-state index contributed by atoms with van der Waals surface area (Å²) in [7, 11) is 0. The van der Waals surface area contributed by atoms with Gasteiger partial charge in [0, 0.05) is 34.6 Å². The van der Waals surface area contributed by atoms with Crippen LogP contribution in [0.1, 0.15) is 61.6 Å². The summed E-state index contributed by atoms with van der Waals surface area (Å²) < 4.78 is 12.1. The zero-order valence-electron chi connectivity index (χ0n) is 16.9. The number of benzene rings is 1. The topological polar surface area (TPSA) is 54.6 Å². The number of nitrogens with zero attached hydrogens (tertiary/aromatic N) is 1. The van der Waals surface area contributed by atoms with E-state index in [1.54, 1.807) is 0 Å². The maximum Gasteiger partial charge on any atom is 0.340 e. The molecule has 0 bridgehead atoms. The first-order chi connectivity index (χ1) is 13.1. The Morgan fingerprint density at radius 2 is 2.19 bits per heavy atom. The molecule has 1 N–H and O–H groups in total. The summed E-state index contributed by atoms with van der Waals surface area (Å²) in [5, 5.41) is 0.988. The predicted molar refractivity (Wildman–Crippen MR) is 106 cm³/mol. The van der Waals surface area contributed by atoms with Crippen LogP contribution in [0.4, 0.5) is 0 Å². The molecule has 2 aliphatic rings. The lowest BCUT2D eigenvalue weighted by Gasteiger charge is -2.53. The molecular weight excluding hydrogens is 340 g/mol. The number of carbonyl (C=O) groups excluding carboxylic acids is 1. The lowest BCUT2D eigenvalue weighted by molar-refractivity contribution is -0.159. The third-order valence-electron chi connectivity index (χ3n) is 6.48. The molecule has 2 unspecified atom stereocenters. The minimum Gasteiger partial charge on any atom is -0.472 e. The van der Waals surface area contributed by atoms with Crippen molar-refractivity contribution in [2.75, 3.05) is 19.7 Å². The summed E-state index contributed by atoms with van der Waals surface area (Å²) in [6.45, 7) is 10.7. The highest BCUT2D eigenvalue weighted by atomic mass is 16.5. The number of ether oxygens (including phenoxy) is 2. The standard InChI is InChI=1S/C22H30N2O3/c1-5-22-15(9-8-12-24(22)6-2)13-16-18(27-22)11-10-17-20(16)19(14(4)23-17)21(25)26-7-3/h10-11,15,23H,5-9,12-13H2,1-4H3. The van der Waals surface area contributed by atoms with Crippen LogP contribution >= 0.6 is 0 Å². The zero-order chi connectivity index (χ0) is 19.2. The number of aromatic nitrogens is 1. The van der Waals surface area contributed by atoms with E-state index in [0.29, 0.717) is 18.1 Å². The second-order valence-electron chi connectivity index (χ2n) is 7.73. The minimum atomic E-state index is -0.249. The Morgan fingerprint density at radius 1 is 1.37 bits per heavy atom. The lowest BCUT2D eigenvalue weighted by atomic mass is 9.76. The quantitative estimate of drug-likeness (QED) is 0.809. The number of aryl methyl sites for hydroxylation is 1. The van der Waals surface area contributed by atoms with Crippen molar-refractivity contribution >= 4 is 16.9 Å². The summed E-state index contributed by atoms with van der Waals surface area (Å²) in [4.78, 5) is 18.5. The van der Waals surface area contributed by atoms with E-state index in [1.807, 2.05) is 19.9 Å². The van der Waals surface area contributed by atoms with Crippen molar-refractivity contribution in [3.8, 4) is 5.75 Å². The summed E-state index contributed by atoms with van der Waals surface area (Å²) in [5.74, 6) is 1.12. The van der Waals surface area contributed by atoms with Crippen LogP contribution in [0, 0.1) is 12.8 Å². The van der Waals surface area contributed by atoms with Gasteiger partial charge >= 0.3 is 5.97 Å². The van der Waals surface area contributed by atoms with Crippen molar-refractivity contribution in [2.45, 2.75) is 59.1 Å². The molecule has 2 aromatic rings. The van der Waals surface area contributed by atoms with Crippen molar-refractivity contribution in [3.05, 3.63) is 29.0 Å². The van der Waals surface area contributed by atoms with Gasteiger partial charge in [-0.15, -0.1) is 0 Å². The van der Waals surface area contributed by atoms with Crippen molar-refractivity contribution in [3.63, 3.8) is 0 Å². The minimum absolute atomic E-state index is 0.219. The monoisotopic (exact) mass is 370 g/mol. The summed E-state index contributed by atoms with van der Waals surface area (Å²) >= 11 is 0. The first-order valence-corrected chi connectivity index (χ1v) is 10.3. The Hall–Kier alpha value is -2.01. The zero-order valence-corrected chi connectivity index (χ0v) is 16.9. The second kappa shape index (κ2) is 6.86. The number of rotatable bonds is 4. The fraction of sp³-hybridized carbons (Fsp3) is 0.591. The van der Waals surface area contributed by atoms with Crippen LogP contribution in [0.25, 0.3) is 10.9 Å². The van der Waals surface area contributed by atoms with Crippen LogP contribution in [0.5, 0.6) is 5.75 Å². The summed E-state index contributed by atoms with van der Waals surface area (Å²) in [6.07, 6.45) is 4.28. The number of carbonyl (C=O) groups is 1. The smallest absolute Gasteiger partial charge is 0.340 e. The Balaban J connectivity index is 1.87. The van der Waals surface area contributed by atoms with E-state index < -0.39 is 0 Å². The van der Waals surface area contributed by atoms with E-state index in [9.17, 15) is 4.79 Å². The van der Waals surface area contributed by atoms with Crippen molar-refractivity contribution in [1.82, 2.24) is 9.88 Å². The van der Waals surface area contributed by atoms with Gasteiger partial charge < -0.3 is 14.5 Å². The Kier molecular flexibility index (Phi) is 4.66. The van der Waals surface area contributed by atoms with E-state index in [0.717, 1.165) is 60.3 Å². The highest BCUT2D eigenvalue weighted by Gasteiger charge is 2.49. The van der Waals surface area contributed by atoms with E-state index in [-0.39, 0.29) is 11.7 Å². The molecule has 1 fully saturated rings. The third-order valence-corrected chi connectivity index (χ3v) is 6.48. The molecule has 5 nitrogen and oxygen atoms in total. The average Bonchev–Trinajstić information content (AvgIpc) is 3.02. The number of aromatic amines is 1. The average molecular weight is 370 g/mol. The molecule has 0 radical (unpaired) electrons. The van der Waals surface area contributed by atoms with Gasteiger partial charge in [0.15, 0.2) is 5.72 Å². The number of H-pyrrole nitrogens is 1. The number of piperidine rings is 1. The first kappa shape index (κ1) is 18.4. The molecule has 5 heteroatoms. The fourth-order valence-corrected chi connectivity index (χ4v) is 5.29.